The van der Waals surface area contributed by atoms with E-state index in [1.165, 1.54) is 32.0 Å². The van der Waals surface area contributed by atoms with Crippen molar-refractivity contribution in [1.29, 1.82) is 0 Å². The fraction of sp³-hybridized carbons (Fsp3) is 0.182. The van der Waals surface area contributed by atoms with Gasteiger partial charge in [0.1, 0.15) is 5.69 Å². The third kappa shape index (κ3) is 3.23. The Labute approximate surface area is 122 Å². The van der Waals surface area contributed by atoms with Gasteiger partial charge in [0.15, 0.2) is 10.7 Å². The van der Waals surface area contributed by atoms with E-state index < -0.39 is 20.0 Å². The number of anilines is 1. The third-order valence-corrected chi connectivity index (χ3v) is 5.19. The molecule has 0 aliphatic rings. The number of hydrogen-bond acceptors (Lipinski definition) is 6. The number of aryl methyl sites for hydroxylation is 2. The summed E-state index contributed by atoms with van der Waals surface area (Å²) in [7, 11) is -7.85. The van der Waals surface area contributed by atoms with Crippen molar-refractivity contribution in [1.82, 2.24) is 5.16 Å². The van der Waals surface area contributed by atoms with E-state index >= 15 is 0 Å². The fourth-order valence-electron chi connectivity index (χ4n) is 1.80. The van der Waals surface area contributed by atoms with Crippen LogP contribution < -0.4 is 9.86 Å². The van der Waals surface area contributed by atoms with Gasteiger partial charge in [0.25, 0.3) is 10.0 Å². The number of hydrogen-bond donors (Lipinski definition) is 2. The highest BCUT2D eigenvalue weighted by Crippen LogP contribution is 2.23. The number of nitrogens with one attached hydrogen (secondary N) is 1. The standard InChI is InChI=1S/C11H13N3O5S2/c1-7-11(8(2)19-13-7)21(17,18)14-9-4-3-5-10(6-9)20(12,15)16/h3-6,14H,1-2H3,(H2,12,15,16). The summed E-state index contributed by atoms with van der Waals surface area (Å²) in [5.74, 6) is 0.141. The van der Waals surface area contributed by atoms with Crippen LogP contribution in [0.2, 0.25) is 0 Å². The first-order valence-electron chi connectivity index (χ1n) is 5.70. The molecular weight excluding hydrogens is 318 g/mol. The lowest BCUT2D eigenvalue weighted by Gasteiger charge is -2.08. The van der Waals surface area contributed by atoms with Crippen LogP contribution in [0.15, 0.2) is 38.6 Å². The first kappa shape index (κ1) is 15.5. The first-order chi connectivity index (χ1) is 9.61. The van der Waals surface area contributed by atoms with Crippen LogP contribution in [0.1, 0.15) is 11.5 Å². The molecule has 21 heavy (non-hydrogen) atoms. The van der Waals surface area contributed by atoms with Crippen LogP contribution in [-0.4, -0.2) is 22.0 Å². The summed E-state index contributed by atoms with van der Waals surface area (Å²) < 4.78 is 54.2. The van der Waals surface area contributed by atoms with Gasteiger partial charge in [-0.1, -0.05) is 11.2 Å². The molecule has 0 saturated carbocycles. The highest BCUT2D eigenvalue weighted by atomic mass is 32.2. The number of primary sulfonamides is 1. The molecule has 1 aromatic heterocycles. The Balaban J connectivity index is 2.43. The molecule has 0 fully saturated rings. The normalized spacial score (nSPS) is 12.3. The minimum Gasteiger partial charge on any atom is -0.360 e. The van der Waals surface area contributed by atoms with Gasteiger partial charge in [0.2, 0.25) is 10.0 Å². The Bertz CT molecular complexity index is 865. The van der Waals surface area contributed by atoms with Crippen molar-refractivity contribution in [2.24, 2.45) is 5.14 Å². The van der Waals surface area contributed by atoms with Crippen LogP contribution in [0.25, 0.3) is 0 Å². The summed E-state index contributed by atoms with van der Waals surface area (Å²) in [4.78, 5) is -0.273. The van der Waals surface area contributed by atoms with E-state index in [2.05, 4.69) is 9.88 Å². The van der Waals surface area contributed by atoms with Crippen LogP contribution in [0.3, 0.4) is 0 Å². The van der Waals surface area contributed by atoms with Crippen molar-refractivity contribution in [2.75, 3.05) is 4.72 Å². The molecule has 0 spiro atoms. The minimum absolute atomic E-state index is 0.0709. The molecule has 1 heterocycles. The zero-order valence-electron chi connectivity index (χ0n) is 11.2. The van der Waals surface area contributed by atoms with Gasteiger partial charge >= 0.3 is 0 Å². The Hall–Kier alpha value is -1.91. The molecule has 0 aliphatic carbocycles. The summed E-state index contributed by atoms with van der Waals surface area (Å²) in [6.07, 6.45) is 0. The summed E-state index contributed by atoms with van der Waals surface area (Å²) in [5.41, 5.74) is 0.282. The molecule has 114 valence electrons. The number of nitrogens with zero attached hydrogens (tertiary/aromatic N) is 1. The number of sulfonamides is 2. The van der Waals surface area contributed by atoms with Crippen molar-refractivity contribution in [3.05, 3.63) is 35.7 Å². The van der Waals surface area contributed by atoms with E-state index in [1.807, 2.05) is 0 Å². The second-order valence-corrected chi connectivity index (χ2v) is 7.51. The van der Waals surface area contributed by atoms with E-state index in [1.54, 1.807) is 0 Å². The molecule has 0 unspecified atom stereocenters. The van der Waals surface area contributed by atoms with Gasteiger partial charge in [-0.3, -0.25) is 4.72 Å². The molecule has 8 nitrogen and oxygen atoms in total. The average molecular weight is 331 g/mol. The molecule has 0 amide bonds. The zero-order valence-corrected chi connectivity index (χ0v) is 12.8. The summed E-state index contributed by atoms with van der Waals surface area (Å²) in [6.45, 7) is 2.96. The lowest BCUT2D eigenvalue weighted by molar-refractivity contribution is 0.390. The van der Waals surface area contributed by atoms with Crippen LogP contribution in [-0.2, 0) is 20.0 Å². The van der Waals surface area contributed by atoms with E-state index in [-0.39, 0.29) is 26.9 Å². The predicted molar refractivity (Wildman–Crippen MR) is 74.6 cm³/mol. The smallest absolute Gasteiger partial charge is 0.267 e. The Kier molecular flexibility index (Phi) is 3.78. The molecule has 0 atom stereocenters. The van der Waals surface area contributed by atoms with E-state index in [4.69, 9.17) is 9.66 Å². The van der Waals surface area contributed by atoms with Crippen molar-refractivity contribution in [2.45, 2.75) is 23.6 Å². The molecular formula is C11H13N3O5S2. The van der Waals surface area contributed by atoms with Crippen molar-refractivity contribution in [3.63, 3.8) is 0 Å². The molecule has 2 aromatic rings. The highest BCUT2D eigenvalue weighted by molar-refractivity contribution is 7.92. The first-order valence-corrected chi connectivity index (χ1v) is 8.73. The van der Waals surface area contributed by atoms with Crippen molar-refractivity contribution in [3.8, 4) is 0 Å². The lowest BCUT2D eigenvalue weighted by Crippen LogP contribution is -2.16. The molecule has 3 N–H and O–H groups in total. The van der Waals surface area contributed by atoms with Crippen LogP contribution >= 0.6 is 0 Å². The van der Waals surface area contributed by atoms with E-state index in [0.717, 1.165) is 6.07 Å². The van der Waals surface area contributed by atoms with Gasteiger partial charge in [-0.15, -0.1) is 0 Å². The molecule has 10 heteroatoms. The molecule has 2 rings (SSSR count). The number of nitrogens with two attached hydrogens (primary N) is 1. The van der Waals surface area contributed by atoms with Gasteiger partial charge in [0, 0.05) is 0 Å². The highest BCUT2D eigenvalue weighted by Gasteiger charge is 2.24. The van der Waals surface area contributed by atoms with Crippen molar-refractivity contribution >= 4 is 25.7 Å². The summed E-state index contributed by atoms with van der Waals surface area (Å²) >= 11 is 0. The van der Waals surface area contributed by atoms with Crippen LogP contribution in [0, 0.1) is 13.8 Å². The Morgan fingerprint density at radius 1 is 1.19 bits per heavy atom. The Morgan fingerprint density at radius 3 is 2.38 bits per heavy atom. The summed E-state index contributed by atoms with van der Waals surface area (Å²) in [6, 6.07) is 5.18. The van der Waals surface area contributed by atoms with Crippen LogP contribution in [0.5, 0.6) is 0 Å². The second-order valence-electron chi connectivity index (χ2n) is 4.33. The molecule has 1 aromatic carbocycles. The molecule has 0 bridgehead atoms. The van der Waals surface area contributed by atoms with Gasteiger partial charge in [0.05, 0.1) is 10.6 Å². The van der Waals surface area contributed by atoms with Crippen molar-refractivity contribution < 1.29 is 21.4 Å². The maximum atomic E-state index is 12.3. The van der Waals surface area contributed by atoms with Gasteiger partial charge in [-0.25, -0.2) is 22.0 Å². The van der Waals surface area contributed by atoms with E-state index in [9.17, 15) is 16.8 Å². The SMILES string of the molecule is Cc1noc(C)c1S(=O)(=O)Nc1cccc(S(N)(=O)=O)c1. The monoisotopic (exact) mass is 331 g/mol. The molecule has 0 radical (unpaired) electrons. The topological polar surface area (TPSA) is 132 Å². The van der Waals surface area contributed by atoms with Gasteiger partial charge in [-0.2, -0.15) is 0 Å². The number of aromatic nitrogens is 1. The average Bonchev–Trinajstić information content (AvgIpc) is 2.68. The minimum atomic E-state index is -3.94. The van der Waals surface area contributed by atoms with Gasteiger partial charge in [-0.05, 0) is 32.0 Å². The molecule has 0 aliphatic heterocycles. The number of rotatable bonds is 4. The maximum Gasteiger partial charge on any atom is 0.267 e. The zero-order chi connectivity index (χ0) is 15.8. The quantitative estimate of drug-likeness (QED) is 0.849. The Morgan fingerprint density at radius 2 is 1.86 bits per heavy atom. The molecule has 0 saturated heterocycles. The third-order valence-electron chi connectivity index (χ3n) is 2.65. The predicted octanol–water partition coefficient (Wildman–Crippen LogP) is 0.740. The largest absolute Gasteiger partial charge is 0.360 e. The summed E-state index contributed by atoms with van der Waals surface area (Å²) in [5, 5.41) is 8.57. The lowest BCUT2D eigenvalue weighted by atomic mass is 10.3. The second kappa shape index (κ2) is 5.13. The van der Waals surface area contributed by atoms with Gasteiger partial charge < -0.3 is 4.52 Å². The maximum absolute atomic E-state index is 12.3. The van der Waals surface area contributed by atoms with E-state index in [0.29, 0.717) is 0 Å². The number of benzene rings is 1. The van der Waals surface area contributed by atoms with Crippen LogP contribution in [0.4, 0.5) is 5.69 Å². The fourth-order valence-corrected chi connectivity index (χ4v) is 3.74.